The van der Waals surface area contributed by atoms with Gasteiger partial charge < -0.3 is 10.3 Å². The molecule has 0 aromatic heterocycles. The van der Waals surface area contributed by atoms with Crippen molar-refractivity contribution in [2.45, 2.75) is 99.6 Å². The van der Waals surface area contributed by atoms with Gasteiger partial charge in [0.25, 0.3) is 0 Å². The lowest BCUT2D eigenvalue weighted by atomic mass is 9.98. The molecular formula is C36H54F2N2. The summed E-state index contributed by atoms with van der Waals surface area (Å²) in [6, 6.07) is 3.13. The van der Waals surface area contributed by atoms with Gasteiger partial charge >= 0.3 is 0 Å². The molecule has 1 unspecified atom stereocenters. The fourth-order valence-electron chi connectivity index (χ4n) is 4.31. The number of likely N-dealkylation sites (tertiary alicyclic amines) is 1. The Hall–Kier alpha value is -2.77. The van der Waals surface area contributed by atoms with Gasteiger partial charge in [0.2, 0.25) is 0 Å². The van der Waals surface area contributed by atoms with Gasteiger partial charge in [-0.3, -0.25) is 0 Å². The van der Waals surface area contributed by atoms with Crippen LogP contribution in [0.3, 0.4) is 0 Å². The van der Waals surface area contributed by atoms with Crippen LogP contribution in [0, 0.1) is 43.3 Å². The van der Waals surface area contributed by atoms with E-state index in [-0.39, 0.29) is 5.82 Å². The van der Waals surface area contributed by atoms with E-state index in [4.69, 9.17) is 5.41 Å². The Morgan fingerprint density at radius 3 is 2.12 bits per heavy atom. The van der Waals surface area contributed by atoms with Crippen LogP contribution in [0.1, 0.15) is 96.3 Å². The lowest BCUT2D eigenvalue weighted by Gasteiger charge is -2.22. The molecule has 4 rings (SSSR count). The highest BCUT2D eigenvalue weighted by Gasteiger charge is 2.44. The molecule has 1 aromatic carbocycles. The standard InChI is InChI=1S/C17H17F2N.C11H19N.C4H10.C2H6.C2H2/c1-11-10-16(19)12(2)9-15(11)17(20)8-5-13-3-6-14(18)7-4-13;1-10(2)11(5-6-11)9-12-7-3-4-8-12;1-3-4-2;2*1-2/h3-6,8-10,14,20H,7H2,1-2H3;1,3-9H2,2H3;3-4H2,1-2H3;1-2H3;1-2H/b8-5+,20-17?;;;;. The van der Waals surface area contributed by atoms with Crippen molar-refractivity contribution >= 4 is 5.71 Å². The quantitative estimate of drug-likeness (QED) is 0.203. The fraction of sp³-hybridized carbons (Fsp3) is 0.528. The van der Waals surface area contributed by atoms with Gasteiger partial charge in [-0.15, -0.1) is 12.8 Å². The Bertz CT molecular complexity index is 1020. The van der Waals surface area contributed by atoms with Crippen LogP contribution < -0.4 is 0 Å². The molecule has 2 aliphatic carbocycles. The second-order valence-corrected chi connectivity index (χ2v) is 10.5. The lowest BCUT2D eigenvalue weighted by Crippen LogP contribution is -2.28. The predicted octanol–water partition coefficient (Wildman–Crippen LogP) is 10.1. The molecule has 1 N–H and O–H groups in total. The summed E-state index contributed by atoms with van der Waals surface area (Å²) in [5.74, 6) is -0.255. The van der Waals surface area contributed by atoms with Crippen molar-refractivity contribution in [3.8, 4) is 12.8 Å². The van der Waals surface area contributed by atoms with E-state index in [0.717, 1.165) is 11.1 Å². The molecule has 4 heteroatoms. The molecule has 2 fully saturated rings. The van der Waals surface area contributed by atoms with E-state index in [9.17, 15) is 8.78 Å². The van der Waals surface area contributed by atoms with Crippen LogP contribution in [0.5, 0.6) is 0 Å². The molecular weight excluding hydrogens is 498 g/mol. The Morgan fingerprint density at radius 1 is 1.10 bits per heavy atom. The summed E-state index contributed by atoms with van der Waals surface area (Å²) in [4.78, 5) is 2.61. The van der Waals surface area contributed by atoms with Crippen LogP contribution in [0.25, 0.3) is 0 Å². The Labute approximate surface area is 244 Å². The van der Waals surface area contributed by atoms with Crippen molar-refractivity contribution in [2.75, 3.05) is 19.6 Å². The van der Waals surface area contributed by atoms with Gasteiger partial charge in [-0.1, -0.05) is 70.9 Å². The number of hydrogen-bond acceptors (Lipinski definition) is 2. The van der Waals surface area contributed by atoms with Gasteiger partial charge in [0.1, 0.15) is 12.0 Å². The van der Waals surface area contributed by atoms with Crippen LogP contribution in [-0.2, 0) is 0 Å². The summed E-state index contributed by atoms with van der Waals surface area (Å²) in [6.07, 6.45) is 24.2. The molecule has 40 heavy (non-hydrogen) atoms. The number of rotatable bonds is 7. The van der Waals surface area contributed by atoms with Crippen LogP contribution in [0.15, 0.2) is 60.2 Å². The number of terminal acetylenes is 1. The number of allylic oxidation sites excluding steroid dienone is 6. The van der Waals surface area contributed by atoms with Crippen LogP contribution in [0.4, 0.5) is 8.78 Å². The number of halogens is 2. The first-order valence-electron chi connectivity index (χ1n) is 14.9. The van der Waals surface area contributed by atoms with Crippen LogP contribution in [0.2, 0.25) is 0 Å². The molecule has 2 nitrogen and oxygen atoms in total. The maximum atomic E-state index is 13.4. The molecule has 0 bridgehead atoms. The zero-order valence-electron chi connectivity index (χ0n) is 26.3. The molecule has 1 saturated heterocycles. The highest BCUT2D eigenvalue weighted by atomic mass is 19.1. The van der Waals surface area contributed by atoms with Crippen molar-refractivity contribution in [2.24, 2.45) is 5.41 Å². The van der Waals surface area contributed by atoms with E-state index in [1.807, 2.05) is 13.8 Å². The average molecular weight is 553 g/mol. The van der Waals surface area contributed by atoms with E-state index in [2.05, 4.69) is 45.1 Å². The monoisotopic (exact) mass is 552 g/mol. The van der Waals surface area contributed by atoms with E-state index >= 15 is 0 Å². The van der Waals surface area contributed by atoms with E-state index in [1.54, 1.807) is 44.2 Å². The van der Waals surface area contributed by atoms with Crippen molar-refractivity contribution in [3.63, 3.8) is 0 Å². The number of hydrogen-bond donors (Lipinski definition) is 1. The first-order chi connectivity index (χ1) is 19.1. The third kappa shape index (κ3) is 13.1. The van der Waals surface area contributed by atoms with Crippen molar-refractivity contribution in [1.82, 2.24) is 4.90 Å². The largest absolute Gasteiger partial charge is 0.302 e. The summed E-state index contributed by atoms with van der Waals surface area (Å²) in [5.41, 5.74) is 5.14. The number of unbranched alkanes of at least 4 members (excludes halogenated alkanes) is 1. The second kappa shape index (κ2) is 20.2. The second-order valence-electron chi connectivity index (χ2n) is 10.5. The minimum Gasteiger partial charge on any atom is -0.302 e. The van der Waals surface area contributed by atoms with Crippen molar-refractivity contribution in [1.29, 1.82) is 5.41 Å². The average Bonchev–Trinajstić information content (AvgIpc) is 3.58. The summed E-state index contributed by atoms with van der Waals surface area (Å²) in [7, 11) is 0. The molecule has 0 spiro atoms. The maximum absolute atomic E-state index is 13.4. The third-order valence-corrected chi connectivity index (χ3v) is 7.30. The Balaban J connectivity index is 0.000000644. The highest BCUT2D eigenvalue weighted by Crippen LogP contribution is 2.51. The molecule has 0 radical (unpaired) electrons. The highest BCUT2D eigenvalue weighted by molar-refractivity contribution is 6.07. The number of aryl methyl sites for hydroxylation is 2. The van der Waals surface area contributed by atoms with Gasteiger partial charge in [-0.2, -0.15) is 0 Å². The fourth-order valence-corrected chi connectivity index (χ4v) is 4.31. The molecule has 3 aliphatic rings. The molecule has 1 saturated carbocycles. The smallest absolute Gasteiger partial charge is 0.126 e. The number of alkyl halides is 1. The van der Waals surface area contributed by atoms with E-state index < -0.39 is 6.17 Å². The molecule has 0 amide bonds. The van der Waals surface area contributed by atoms with Crippen LogP contribution in [-0.4, -0.2) is 36.4 Å². The van der Waals surface area contributed by atoms with Gasteiger partial charge in [0.05, 0.1) is 5.71 Å². The number of benzene rings is 1. The SMILES string of the molecule is C#C.C=C(C)C1(CN2CCCC2)CC1.CC.CCCC.Cc1cc(C(=N)/C=C/C2=CCC(F)C=C2)c(C)cc1F. The molecule has 1 heterocycles. The number of nitrogens with zero attached hydrogens (tertiary/aromatic N) is 1. The summed E-state index contributed by atoms with van der Waals surface area (Å²) >= 11 is 0. The van der Waals surface area contributed by atoms with Gasteiger partial charge in [-0.05, 0) is 101 Å². The lowest BCUT2D eigenvalue weighted by molar-refractivity contribution is 0.286. The van der Waals surface area contributed by atoms with Gasteiger partial charge in [-0.25, -0.2) is 8.78 Å². The maximum Gasteiger partial charge on any atom is 0.126 e. The van der Waals surface area contributed by atoms with Gasteiger partial charge in [0.15, 0.2) is 0 Å². The Morgan fingerprint density at radius 2 is 1.68 bits per heavy atom. The minimum atomic E-state index is -0.909. The first kappa shape index (κ1) is 37.2. The summed E-state index contributed by atoms with van der Waals surface area (Å²) < 4.78 is 26.3. The van der Waals surface area contributed by atoms with Gasteiger partial charge in [0, 0.05) is 23.9 Å². The van der Waals surface area contributed by atoms with Crippen LogP contribution >= 0.6 is 0 Å². The normalized spacial score (nSPS) is 18.4. The van der Waals surface area contributed by atoms with E-state index in [1.165, 1.54) is 75.9 Å². The molecule has 1 aromatic rings. The zero-order chi connectivity index (χ0) is 30.7. The third-order valence-electron chi connectivity index (χ3n) is 7.30. The summed E-state index contributed by atoms with van der Waals surface area (Å²) in [6.45, 7) is 22.1. The summed E-state index contributed by atoms with van der Waals surface area (Å²) in [5, 5.41) is 8.06. The number of nitrogens with one attached hydrogen (secondary N) is 1. The van der Waals surface area contributed by atoms with Crippen molar-refractivity contribution in [3.05, 3.63) is 82.7 Å². The minimum absolute atomic E-state index is 0.255. The van der Waals surface area contributed by atoms with E-state index in [0.29, 0.717) is 28.7 Å². The molecule has 1 atom stereocenters. The molecule has 1 aliphatic heterocycles. The first-order valence-corrected chi connectivity index (χ1v) is 14.9. The Kier molecular flexibility index (Phi) is 18.8. The topological polar surface area (TPSA) is 27.1 Å². The predicted molar refractivity (Wildman–Crippen MR) is 173 cm³/mol. The van der Waals surface area contributed by atoms with Crippen molar-refractivity contribution < 1.29 is 8.78 Å². The zero-order valence-corrected chi connectivity index (χ0v) is 26.3. The molecule has 222 valence electrons.